The Bertz CT molecular complexity index is 455. The summed E-state index contributed by atoms with van der Waals surface area (Å²) in [5.74, 6) is 0.783. The Morgan fingerprint density at radius 3 is 3.12 bits per heavy atom. The van der Waals surface area contributed by atoms with E-state index < -0.39 is 0 Å². The molecule has 0 bridgehead atoms. The number of H-pyrrole nitrogens is 1. The molecule has 2 heterocycles. The molecule has 0 fully saturated rings. The largest absolute Gasteiger partial charge is 0.385 e. The third-order valence-electron chi connectivity index (χ3n) is 2.36. The molecule has 1 unspecified atom stereocenters. The first kappa shape index (κ1) is 10.8. The molecule has 2 aromatic rings. The van der Waals surface area contributed by atoms with Crippen LogP contribution in [0.1, 0.15) is 13.3 Å². The Labute approximate surface area is 93.5 Å². The van der Waals surface area contributed by atoms with Crippen LogP contribution in [0.4, 0.5) is 5.82 Å². The molecule has 2 rings (SSSR count). The van der Waals surface area contributed by atoms with E-state index in [-0.39, 0.29) is 0 Å². The molecule has 0 amide bonds. The van der Waals surface area contributed by atoms with Crippen molar-refractivity contribution in [3.8, 4) is 0 Å². The van der Waals surface area contributed by atoms with Crippen LogP contribution < -0.4 is 5.32 Å². The first-order chi connectivity index (χ1) is 7.81. The van der Waals surface area contributed by atoms with Gasteiger partial charge in [-0.2, -0.15) is 0 Å². The van der Waals surface area contributed by atoms with E-state index in [1.54, 1.807) is 13.4 Å². The van der Waals surface area contributed by atoms with Crippen molar-refractivity contribution >= 4 is 17.0 Å². The summed E-state index contributed by atoms with van der Waals surface area (Å²) in [6.45, 7) is 2.81. The number of nitrogens with zero attached hydrogens (tertiary/aromatic N) is 3. The lowest BCUT2D eigenvalue weighted by Crippen LogP contribution is -2.18. The van der Waals surface area contributed by atoms with Gasteiger partial charge < -0.3 is 15.0 Å². The van der Waals surface area contributed by atoms with Crippen LogP contribution in [0.2, 0.25) is 0 Å². The number of imidazole rings is 1. The molecular formula is C10H15N5O. The zero-order chi connectivity index (χ0) is 11.4. The van der Waals surface area contributed by atoms with Crippen LogP contribution in [-0.4, -0.2) is 39.7 Å². The molecule has 6 nitrogen and oxygen atoms in total. The van der Waals surface area contributed by atoms with Crippen molar-refractivity contribution in [2.24, 2.45) is 0 Å². The molecule has 0 aliphatic carbocycles. The first-order valence-electron chi connectivity index (χ1n) is 5.21. The van der Waals surface area contributed by atoms with E-state index in [2.05, 4.69) is 32.2 Å². The quantitative estimate of drug-likeness (QED) is 0.793. The molecule has 0 aromatic carbocycles. The maximum atomic E-state index is 5.03. The van der Waals surface area contributed by atoms with Gasteiger partial charge in [-0.1, -0.05) is 0 Å². The van der Waals surface area contributed by atoms with E-state index in [4.69, 9.17) is 4.74 Å². The van der Waals surface area contributed by atoms with E-state index in [9.17, 15) is 0 Å². The van der Waals surface area contributed by atoms with Crippen LogP contribution in [0.3, 0.4) is 0 Å². The lowest BCUT2D eigenvalue weighted by Gasteiger charge is -2.13. The number of hydrogen-bond donors (Lipinski definition) is 2. The van der Waals surface area contributed by atoms with E-state index in [0.29, 0.717) is 11.7 Å². The molecule has 0 saturated carbocycles. The van der Waals surface area contributed by atoms with Gasteiger partial charge in [0.15, 0.2) is 11.5 Å². The molecule has 0 saturated heterocycles. The van der Waals surface area contributed by atoms with E-state index >= 15 is 0 Å². The molecule has 16 heavy (non-hydrogen) atoms. The SMILES string of the molecule is COCCC(C)Nc1ncnc2nc[nH]c12. The van der Waals surface area contributed by atoms with Crippen molar-refractivity contribution in [2.45, 2.75) is 19.4 Å². The first-order valence-corrected chi connectivity index (χ1v) is 5.21. The number of methoxy groups -OCH3 is 1. The average molecular weight is 221 g/mol. The molecule has 0 aliphatic rings. The highest BCUT2D eigenvalue weighted by Crippen LogP contribution is 2.15. The molecule has 6 heteroatoms. The predicted molar refractivity (Wildman–Crippen MR) is 61.3 cm³/mol. The number of rotatable bonds is 5. The van der Waals surface area contributed by atoms with Gasteiger partial charge in [-0.05, 0) is 13.3 Å². The molecule has 86 valence electrons. The summed E-state index contributed by atoms with van der Waals surface area (Å²) in [7, 11) is 1.70. The van der Waals surface area contributed by atoms with Crippen molar-refractivity contribution < 1.29 is 4.74 Å². The van der Waals surface area contributed by atoms with Crippen molar-refractivity contribution in [3.63, 3.8) is 0 Å². The number of anilines is 1. The van der Waals surface area contributed by atoms with Gasteiger partial charge >= 0.3 is 0 Å². The highest BCUT2D eigenvalue weighted by Gasteiger charge is 2.08. The zero-order valence-electron chi connectivity index (χ0n) is 9.40. The fraction of sp³-hybridized carbons (Fsp3) is 0.500. The van der Waals surface area contributed by atoms with E-state index in [1.807, 2.05) is 0 Å². The molecule has 2 aromatic heterocycles. The summed E-state index contributed by atoms with van der Waals surface area (Å²) in [5, 5.41) is 3.30. The van der Waals surface area contributed by atoms with Crippen LogP contribution in [0, 0.1) is 0 Å². The van der Waals surface area contributed by atoms with Gasteiger partial charge in [-0.25, -0.2) is 15.0 Å². The summed E-state index contributed by atoms with van der Waals surface area (Å²) in [6.07, 6.45) is 4.05. The standard InChI is InChI=1S/C10H15N5O/c1-7(3-4-16-2)15-10-8-9(12-5-11-8)13-6-14-10/h5-7H,3-4H2,1-2H3,(H2,11,12,13,14,15). The lowest BCUT2D eigenvalue weighted by atomic mass is 10.2. The maximum absolute atomic E-state index is 5.03. The normalized spacial score (nSPS) is 12.9. The summed E-state index contributed by atoms with van der Waals surface area (Å²) < 4.78 is 5.03. The summed E-state index contributed by atoms with van der Waals surface area (Å²) in [4.78, 5) is 15.3. The molecule has 0 radical (unpaired) electrons. The van der Waals surface area contributed by atoms with Crippen LogP contribution in [0.25, 0.3) is 11.2 Å². The smallest absolute Gasteiger partial charge is 0.182 e. The monoisotopic (exact) mass is 221 g/mol. The Hall–Kier alpha value is -1.69. The Morgan fingerprint density at radius 1 is 1.44 bits per heavy atom. The van der Waals surface area contributed by atoms with Gasteiger partial charge in [0.05, 0.1) is 6.33 Å². The minimum Gasteiger partial charge on any atom is -0.385 e. The van der Waals surface area contributed by atoms with Crippen LogP contribution in [-0.2, 0) is 4.74 Å². The predicted octanol–water partition coefficient (Wildman–Crippen LogP) is 1.19. The van der Waals surface area contributed by atoms with Gasteiger partial charge in [0, 0.05) is 19.8 Å². The summed E-state index contributed by atoms with van der Waals surface area (Å²) in [5.41, 5.74) is 1.52. The van der Waals surface area contributed by atoms with Crippen molar-refractivity contribution in [1.82, 2.24) is 19.9 Å². The van der Waals surface area contributed by atoms with E-state index in [1.165, 1.54) is 6.33 Å². The fourth-order valence-electron chi connectivity index (χ4n) is 1.47. The van der Waals surface area contributed by atoms with Crippen molar-refractivity contribution in [2.75, 3.05) is 19.0 Å². The van der Waals surface area contributed by atoms with Gasteiger partial charge in [-0.3, -0.25) is 0 Å². The maximum Gasteiger partial charge on any atom is 0.182 e. The summed E-state index contributed by atoms with van der Waals surface area (Å²) >= 11 is 0. The minimum atomic E-state index is 0.293. The number of aromatic nitrogens is 4. The molecule has 0 aliphatic heterocycles. The second-order valence-corrected chi connectivity index (χ2v) is 3.65. The van der Waals surface area contributed by atoms with E-state index in [0.717, 1.165) is 24.4 Å². The molecule has 0 spiro atoms. The second kappa shape index (κ2) is 4.89. The van der Waals surface area contributed by atoms with Crippen LogP contribution in [0.5, 0.6) is 0 Å². The lowest BCUT2D eigenvalue weighted by molar-refractivity contribution is 0.191. The number of nitrogens with one attached hydrogen (secondary N) is 2. The zero-order valence-corrected chi connectivity index (χ0v) is 9.40. The van der Waals surface area contributed by atoms with Gasteiger partial charge in [-0.15, -0.1) is 0 Å². The molecular weight excluding hydrogens is 206 g/mol. The minimum absolute atomic E-state index is 0.293. The third kappa shape index (κ3) is 2.27. The topological polar surface area (TPSA) is 75.7 Å². The third-order valence-corrected chi connectivity index (χ3v) is 2.36. The molecule has 2 N–H and O–H groups in total. The number of ether oxygens (including phenoxy) is 1. The highest BCUT2D eigenvalue weighted by atomic mass is 16.5. The highest BCUT2D eigenvalue weighted by molar-refractivity contribution is 5.81. The Balaban J connectivity index is 2.11. The molecule has 1 atom stereocenters. The fourth-order valence-corrected chi connectivity index (χ4v) is 1.47. The average Bonchev–Trinajstić information content (AvgIpc) is 2.75. The number of fused-ring (bicyclic) bond motifs is 1. The number of hydrogen-bond acceptors (Lipinski definition) is 5. The van der Waals surface area contributed by atoms with Crippen molar-refractivity contribution in [1.29, 1.82) is 0 Å². The Kier molecular flexibility index (Phi) is 3.31. The van der Waals surface area contributed by atoms with Crippen molar-refractivity contribution in [3.05, 3.63) is 12.7 Å². The van der Waals surface area contributed by atoms with Gasteiger partial charge in [0.2, 0.25) is 0 Å². The van der Waals surface area contributed by atoms with Gasteiger partial charge in [0.1, 0.15) is 11.8 Å². The van der Waals surface area contributed by atoms with Gasteiger partial charge in [0.25, 0.3) is 0 Å². The number of aromatic amines is 1. The second-order valence-electron chi connectivity index (χ2n) is 3.65. The van der Waals surface area contributed by atoms with Crippen LogP contribution >= 0.6 is 0 Å². The van der Waals surface area contributed by atoms with Crippen LogP contribution in [0.15, 0.2) is 12.7 Å². The Morgan fingerprint density at radius 2 is 2.31 bits per heavy atom. The summed E-state index contributed by atoms with van der Waals surface area (Å²) in [6, 6.07) is 0.293.